The minimum Gasteiger partial charge on any atom is -0.335 e. The van der Waals surface area contributed by atoms with Crippen LogP contribution in [0, 0.1) is 0 Å². The Labute approximate surface area is 126 Å². The average molecular weight is 285 g/mol. The minimum absolute atomic E-state index is 0.0916. The number of rotatable bonds is 1. The third kappa shape index (κ3) is 2.22. The summed E-state index contributed by atoms with van der Waals surface area (Å²) in [5, 5.41) is 3.28. The first kappa shape index (κ1) is 13.1. The second-order valence-electron chi connectivity index (χ2n) is 6.70. The monoisotopic (exact) mass is 285 g/mol. The number of anilines is 1. The first-order valence-electron chi connectivity index (χ1n) is 8.10. The van der Waals surface area contributed by atoms with Crippen molar-refractivity contribution >= 4 is 11.7 Å². The molecule has 21 heavy (non-hydrogen) atoms. The van der Waals surface area contributed by atoms with Crippen molar-refractivity contribution < 1.29 is 4.79 Å². The lowest BCUT2D eigenvalue weighted by Crippen LogP contribution is -2.51. The summed E-state index contributed by atoms with van der Waals surface area (Å²) in [5.74, 6) is 0. The van der Waals surface area contributed by atoms with Crippen LogP contribution < -0.4 is 10.2 Å². The van der Waals surface area contributed by atoms with Crippen LogP contribution in [0.4, 0.5) is 10.5 Å². The molecule has 1 aromatic rings. The highest BCUT2D eigenvalue weighted by atomic mass is 16.2. The average Bonchev–Trinajstić information content (AvgIpc) is 2.98. The molecule has 2 bridgehead atoms. The van der Waals surface area contributed by atoms with Gasteiger partial charge in [0.05, 0.1) is 0 Å². The van der Waals surface area contributed by atoms with Gasteiger partial charge in [0.1, 0.15) is 0 Å². The molecule has 2 unspecified atom stereocenters. The van der Waals surface area contributed by atoms with Crippen LogP contribution in [0.1, 0.15) is 31.2 Å². The number of benzene rings is 1. The molecule has 4 nitrogen and oxygen atoms in total. The lowest BCUT2D eigenvalue weighted by Gasteiger charge is -2.37. The number of fused-ring (bicyclic) bond motifs is 3. The summed E-state index contributed by atoms with van der Waals surface area (Å²) in [4.78, 5) is 17.0. The Morgan fingerprint density at radius 2 is 1.90 bits per heavy atom. The normalized spacial score (nSPS) is 31.3. The van der Waals surface area contributed by atoms with Crippen molar-refractivity contribution in [3.63, 3.8) is 0 Å². The van der Waals surface area contributed by atoms with E-state index in [1.165, 1.54) is 18.4 Å². The number of hydrogen-bond acceptors (Lipinski definition) is 2. The molecule has 3 heterocycles. The highest BCUT2D eigenvalue weighted by Crippen LogP contribution is 2.34. The molecule has 0 aromatic heterocycles. The topological polar surface area (TPSA) is 35.6 Å². The summed E-state index contributed by atoms with van der Waals surface area (Å²) in [6.45, 7) is 0.810. The summed E-state index contributed by atoms with van der Waals surface area (Å²) < 4.78 is 0. The van der Waals surface area contributed by atoms with Gasteiger partial charge in [0.15, 0.2) is 0 Å². The quantitative estimate of drug-likeness (QED) is 0.860. The number of nitrogens with one attached hydrogen (secondary N) is 1. The second kappa shape index (κ2) is 5.02. The van der Waals surface area contributed by atoms with Crippen LogP contribution in [-0.4, -0.2) is 42.6 Å². The van der Waals surface area contributed by atoms with Crippen LogP contribution in [0.15, 0.2) is 24.3 Å². The largest absolute Gasteiger partial charge is 0.335 e. The molecule has 3 aliphatic heterocycles. The summed E-state index contributed by atoms with van der Waals surface area (Å²) in [7, 11) is 2.23. The van der Waals surface area contributed by atoms with Gasteiger partial charge in [-0.05, 0) is 50.8 Å². The van der Waals surface area contributed by atoms with Crippen molar-refractivity contribution in [1.82, 2.24) is 10.2 Å². The van der Waals surface area contributed by atoms with Gasteiger partial charge in [-0.2, -0.15) is 0 Å². The lowest BCUT2D eigenvalue weighted by atomic mass is 9.98. The Morgan fingerprint density at radius 1 is 1.19 bits per heavy atom. The van der Waals surface area contributed by atoms with Gasteiger partial charge in [-0.3, -0.25) is 4.90 Å². The third-order valence-corrected chi connectivity index (χ3v) is 5.56. The van der Waals surface area contributed by atoms with E-state index in [1.54, 1.807) is 0 Å². The maximum Gasteiger partial charge on any atom is 0.322 e. The Morgan fingerprint density at radius 3 is 2.67 bits per heavy atom. The standard InChI is InChI=1S/C17H23N3O/c1-19-14-6-7-15(19)11-13(10-14)18-17(21)20-9-8-12-4-2-3-5-16(12)20/h2-5,13-15H,6-11H2,1H3,(H,18,21). The number of amides is 2. The summed E-state index contributed by atoms with van der Waals surface area (Å²) in [6, 6.07) is 10.0. The minimum atomic E-state index is 0.0916. The molecule has 1 N–H and O–H groups in total. The van der Waals surface area contributed by atoms with Crippen LogP contribution in [0.3, 0.4) is 0 Å². The summed E-state index contributed by atoms with van der Waals surface area (Å²) >= 11 is 0. The van der Waals surface area contributed by atoms with E-state index in [-0.39, 0.29) is 6.03 Å². The van der Waals surface area contributed by atoms with E-state index < -0.39 is 0 Å². The van der Waals surface area contributed by atoms with Crippen molar-refractivity contribution in [2.45, 2.75) is 50.2 Å². The Balaban J connectivity index is 1.43. The van der Waals surface area contributed by atoms with Crippen LogP contribution in [0.25, 0.3) is 0 Å². The Hall–Kier alpha value is -1.55. The molecular weight excluding hydrogens is 262 g/mol. The first-order valence-corrected chi connectivity index (χ1v) is 8.10. The molecule has 2 amide bonds. The maximum atomic E-state index is 12.6. The molecule has 2 fully saturated rings. The molecule has 0 aliphatic carbocycles. The number of urea groups is 1. The lowest BCUT2D eigenvalue weighted by molar-refractivity contribution is 0.150. The van der Waals surface area contributed by atoms with Gasteiger partial charge in [-0.25, -0.2) is 4.79 Å². The van der Waals surface area contributed by atoms with Gasteiger partial charge in [0.2, 0.25) is 0 Å². The van der Waals surface area contributed by atoms with Crippen molar-refractivity contribution in [3.8, 4) is 0 Å². The molecule has 1 aromatic carbocycles. The molecule has 0 radical (unpaired) electrons. The van der Waals surface area contributed by atoms with E-state index >= 15 is 0 Å². The molecule has 4 rings (SSSR count). The molecule has 3 aliphatic rings. The number of carbonyl (C=O) groups is 1. The fraction of sp³-hybridized carbons (Fsp3) is 0.588. The van der Waals surface area contributed by atoms with Gasteiger partial charge in [0.25, 0.3) is 0 Å². The van der Waals surface area contributed by atoms with Crippen LogP contribution in [-0.2, 0) is 6.42 Å². The second-order valence-corrected chi connectivity index (χ2v) is 6.70. The zero-order chi connectivity index (χ0) is 14.4. The number of nitrogens with zero attached hydrogens (tertiary/aromatic N) is 2. The SMILES string of the molecule is CN1C2CCC1CC(NC(=O)N1CCc3ccccc31)C2. The predicted molar refractivity (Wildman–Crippen MR) is 83.6 cm³/mol. The van der Waals surface area contributed by atoms with Crippen molar-refractivity contribution in [1.29, 1.82) is 0 Å². The number of hydrogen-bond donors (Lipinski definition) is 1. The fourth-order valence-corrected chi connectivity index (χ4v) is 4.33. The van der Waals surface area contributed by atoms with Gasteiger partial charge in [0, 0.05) is 30.4 Å². The molecule has 112 valence electrons. The first-order chi connectivity index (χ1) is 10.2. The van der Waals surface area contributed by atoms with Crippen molar-refractivity contribution in [2.75, 3.05) is 18.5 Å². The summed E-state index contributed by atoms with van der Waals surface area (Å²) in [6.07, 6.45) is 5.77. The number of para-hydroxylation sites is 1. The van der Waals surface area contributed by atoms with Crippen LogP contribution >= 0.6 is 0 Å². The maximum absolute atomic E-state index is 12.6. The number of piperidine rings is 1. The number of carbonyl (C=O) groups excluding carboxylic acids is 1. The van der Waals surface area contributed by atoms with E-state index in [0.29, 0.717) is 18.1 Å². The van der Waals surface area contributed by atoms with Crippen molar-refractivity contribution in [2.24, 2.45) is 0 Å². The highest BCUT2D eigenvalue weighted by Gasteiger charge is 2.39. The van der Waals surface area contributed by atoms with Crippen LogP contribution in [0.2, 0.25) is 0 Å². The highest BCUT2D eigenvalue weighted by molar-refractivity contribution is 5.94. The van der Waals surface area contributed by atoms with Crippen LogP contribution in [0.5, 0.6) is 0 Å². The van der Waals surface area contributed by atoms with Gasteiger partial charge >= 0.3 is 6.03 Å². The molecule has 4 heteroatoms. The van der Waals surface area contributed by atoms with Gasteiger partial charge in [-0.15, -0.1) is 0 Å². The van der Waals surface area contributed by atoms with E-state index in [4.69, 9.17) is 0 Å². The molecule has 0 spiro atoms. The predicted octanol–water partition coefficient (Wildman–Crippen LogP) is 2.38. The summed E-state index contributed by atoms with van der Waals surface area (Å²) in [5.41, 5.74) is 2.38. The molecule has 2 saturated heterocycles. The Bertz CT molecular complexity index is 545. The molecule has 2 atom stereocenters. The zero-order valence-electron chi connectivity index (χ0n) is 12.6. The molecule has 0 saturated carbocycles. The zero-order valence-corrected chi connectivity index (χ0v) is 12.6. The van der Waals surface area contributed by atoms with Gasteiger partial charge in [-0.1, -0.05) is 18.2 Å². The van der Waals surface area contributed by atoms with E-state index in [1.807, 2.05) is 11.0 Å². The Kier molecular flexibility index (Phi) is 3.14. The van der Waals surface area contributed by atoms with Gasteiger partial charge < -0.3 is 10.2 Å². The van der Waals surface area contributed by atoms with E-state index in [0.717, 1.165) is 31.5 Å². The smallest absolute Gasteiger partial charge is 0.322 e. The fourth-order valence-electron chi connectivity index (χ4n) is 4.33. The van der Waals surface area contributed by atoms with E-state index in [2.05, 4.69) is 35.5 Å². The third-order valence-electron chi connectivity index (χ3n) is 5.56. The van der Waals surface area contributed by atoms with E-state index in [9.17, 15) is 4.79 Å². The van der Waals surface area contributed by atoms with Crippen molar-refractivity contribution in [3.05, 3.63) is 29.8 Å². The molecular formula is C17H23N3O.